The largest absolute Gasteiger partial charge is 0.357 e. The van der Waals surface area contributed by atoms with Crippen LogP contribution in [0.15, 0.2) is 48.9 Å². The molecule has 0 spiro atoms. The van der Waals surface area contributed by atoms with E-state index in [4.69, 9.17) is 4.98 Å². The standard InChI is InChI=1S/C25H28N8O/c1-31-10-7-20(8-11-31)33(3)25-12-17(6-9-26-25)24(34)14-19-13-22-18(15-27-19)4-5-21(28-22)23-16-32(2)30-29-23/h4-6,9,12-13,15-16,20H,7-8,10-11,14H2,1-3H3. The van der Waals surface area contributed by atoms with Crippen LogP contribution in [0.1, 0.15) is 28.9 Å². The molecule has 1 aliphatic rings. The Morgan fingerprint density at radius 1 is 1.09 bits per heavy atom. The van der Waals surface area contributed by atoms with Crippen molar-refractivity contribution in [1.29, 1.82) is 0 Å². The Kier molecular flexibility index (Phi) is 6.02. The van der Waals surface area contributed by atoms with Crippen LogP contribution in [0.3, 0.4) is 0 Å². The highest BCUT2D eigenvalue weighted by Crippen LogP contribution is 2.22. The van der Waals surface area contributed by atoms with Gasteiger partial charge in [0.05, 0.1) is 29.5 Å². The van der Waals surface area contributed by atoms with Crippen LogP contribution in [0.4, 0.5) is 5.82 Å². The molecule has 174 valence electrons. The van der Waals surface area contributed by atoms with Gasteiger partial charge in [-0.2, -0.15) is 0 Å². The van der Waals surface area contributed by atoms with E-state index >= 15 is 0 Å². The van der Waals surface area contributed by atoms with Crippen molar-refractivity contribution in [2.24, 2.45) is 7.05 Å². The third-order valence-electron chi connectivity index (χ3n) is 6.50. The first-order chi connectivity index (χ1) is 16.5. The smallest absolute Gasteiger partial charge is 0.169 e. The van der Waals surface area contributed by atoms with Gasteiger partial charge in [-0.05, 0) is 63.3 Å². The summed E-state index contributed by atoms with van der Waals surface area (Å²) < 4.78 is 1.64. The van der Waals surface area contributed by atoms with Crippen LogP contribution >= 0.6 is 0 Å². The van der Waals surface area contributed by atoms with E-state index in [-0.39, 0.29) is 12.2 Å². The number of ketones is 1. The first-order valence-corrected chi connectivity index (χ1v) is 11.5. The molecule has 34 heavy (non-hydrogen) atoms. The molecule has 5 heterocycles. The highest BCUT2D eigenvalue weighted by atomic mass is 16.1. The molecule has 1 aliphatic heterocycles. The Hall–Kier alpha value is -3.72. The number of likely N-dealkylation sites (tertiary alicyclic amines) is 1. The van der Waals surface area contributed by atoms with Gasteiger partial charge in [-0.15, -0.1) is 5.10 Å². The summed E-state index contributed by atoms with van der Waals surface area (Å²) in [5.41, 5.74) is 3.55. The van der Waals surface area contributed by atoms with Crippen molar-refractivity contribution in [2.45, 2.75) is 25.3 Å². The first kappa shape index (κ1) is 22.1. The lowest BCUT2D eigenvalue weighted by Gasteiger charge is -2.35. The van der Waals surface area contributed by atoms with Gasteiger partial charge in [0.1, 0.15) is 11.5 Å². The summed E-state index contributed by atoms with van der Waals surface area (Å²) in [7, 11) is 6.04. The molecule has 0 aromatic carbocycles. The van der Waals surface area contributed by atoms with E-state index < -0.39 is 0 Å². The lowest BCUT2D eigenvalue weighted by atomic mass is 10.0. The second-order valence-corrected chi connectivity index (χ2v) is 8.99. The minimum atomic E-state index is 0.0114. The normalized spacial score (nSPS) is 15.0. The number of pyridine rings is 3. The van der Waals surface area contributed by atoms with Crippen molar-refractivity contribution in [3.8, 4) is 11.4 Å². The van der Waals surface area contributed by atoms with E-state index in [9.17, 15) is 4.79 Å². The van der Waals surface area contributed by atoms with Gasteiger partial charge >= 0.3 is 0 Å². The molecule has 0 bridgehead atoms. The zero-order valence-electron chi connectivity index (χ0n) is 19.7. The summed E-state index contributed by atoms with van der Waals surface area (Å²) in [5.74, 6) is 0.847. The van der Waals surface area contributed by atoms with Crippen LogP contribution < -0.4 is 4.90 Å². The third kappa shape index (κ3) is 4.65. The SMILES string of the molecule is CN1CCC(N(C)c2cc(C(=O)Cc3cc4nc(-c5cn(C)nn5)ccc4cn3)ccn2)CC1. The monoisotopic (exact) mass is 456 g/mol. The number of Topliss-reactive ketones (excluding diaryl/α,β-unsaturated/α-hetero) is 1. The molecular formula is C25H28N8O. The number of aromatic nitrogens is 6. The van der Waals surface area contributed by atoms with Crippen molar-refractivity contribution >= 4 is 22.5 Å². The zero-order chi connectivity index (χ0) is 23.7. The van der Waals surface area contributed by atoms with Gasteiger partial charge < -0.3 is 9.80 Å². The minimum Gasteiger partial charge on any atom is -0.357 e. The molecule has 0 saturated carbocycles. The Morgan fingerprint density at radius 3 is 2.68 bits per heavy atom. The lowest BCUT2D eigenvalue weighted by molar-refractivity contribution is 0.0992. The fourth-order valence-electron chi connectivity index (χ4n) is 4.38. The molecule has 4 aromatic heterocycles. The molecule has 1 saturated heterocycles. The Bertz CT molecular complexity index is 1330. The van der Waals surface area contributed by atoms with Gasteiger partial charge in [-0.1, -0.05) is 5.21 Å². The fourth-order valence-corrected chi connectivity index (χ4v) is 4.38. The Morgan fingerprint density at radius 2 is 1.91 bits per heavy atom. The molecule has 0 N–H and O–H groups in total. The maximum Gasteiger partial charge on any atom is 0.169 e. The number of rotatable bonds is 6. The average Bonchev–Trinajstić information content (AvgIpc) is 3.30. The van der Waals surface area contributed by atoms with Crippen LogP contribution in [0.5, 0.6) is 0 Å². The number of aryl methyl sites for hydroxylation is 1. The molecule has 9 nitrogen and oxygen atoms in total. The Balaban J connectivity index is 1.33. The summed E-state index contributed by atoms with van der Waals surface area (Å²) in [5, 5.41) is 9.02. The molecule has 0 radical (unpaired) electrons. The molecule has 9 heteroatoms. The summed E-state index contributed by atoms with van der Waals surface area (Å²) in [6, 6.07) is 9.84. The average molecular weight is 457 g/mol. The Labute approximate surface area is 198 Å². The maximum absolute atomic E-state index is 13.1. The molecule has 5 rings (SSSR count). The van der Waals surface area contributed by atoms with Crippen molar-refractivity contribution in [3.63, 3.8) is 0 Å². The van der Waals surface area contributed by atoms with Crippen LogP contribution in [0.2, 0.25) is 0 Å². The minimum absolute atomic E-state index is 0.0114. The van der Waals surface area contributed by atoms with Crippen molar-refractivity contribution in [3.05, 3.63) is 60.2 Å². The molecule has 0 amide bonds. The van der Waals surface area contributed by atoms with Gasteiger partial charge in [0, 0.05) is 43.5 Å². The van der Waals surface area contributed by atoms with E-state index in [1.165, 1.54) is 0 Å². The van der Waals surface area contributed by atoms with Crippen molar-refractivity contribution in [1.82, 2.24) is 34.8 Å². The van der Waals surface area contributed by atoms with Gasteiger partial charge in [-0.25, -0.2) is 9.97 Å². The van der Waals surface area contributed by atoms with Gasteiger partial charge in [0.15, 0.2) is 5.78 Å². The number of hydrogen-bond donors (Lipinski definition) is 0. The van der Waals surface area contributed by atoms with Gasteiger partial charge in [0.25, 0.3) is 0 Å². The maximum atomic E-state index is 13.1. The molecule has 0 aliphatic carbocycles. The number of nitrogens with zero attached hydrogens (tertiary/aromatic N) is 8. The van der Waals surface area contributed by atoms with Crippen LogP contribution in [-0.2, 0) is 13.5 Å². The van der Waals surface area contributed by atoms with Crippen molar-refractivity contribution in [2.75, 3.05) is 32.1 Å². The molecule has 0 atom stereocenters. The van der Waals surface area contributed by atoms with Crippen molar-refractivity contribution < 1.29 is 4.79 Å². The number of fused-ring (bicyclic) bond motifs is 1. The quantitative estimate of drug-likeness (QED) is 0.409. The van der Waals surface area contributed by atoms with E-state index in [2.05, 4.69) is 44.2 Å². The second-order valence-electron chi connectivity index (χ2n) is 8.99. The van der Waals surface area contributed by atoms with Crippen LogP contribution in [0.25, 0.3) is 22.3 Å². The molecule has 4 aromatic rings. The number of carbonyl (C=O) groups excluding carboxylic acids is 1. The lowest BCUT2D eigenvalue weighted by Crippen LogP contribution is -2.42. The highest BCUT2D eigenvalue weighted by Gasteiger charge is 2.22. The summed E-state index contributed by atoms with van der Waals surface area (Å²) in [6.45, 7) is 2.15. The number of piperidine rings is 1. The van der Waals surface area contributed by atoms with E-state index in [0.717, 1.165) is 48.3 Å². The zero-order valence-corrected chi connectivity index (χ0v) is 19.7. The second kappa shape index (κ2) is 9.26. The number of anilines is 1. The third-order valence-corrected chi connectivity index (χ3v) is 6.50. The summed E-state index contributed by atoms with van der Waals surface area (Å²) in [4.78, 5) is 31.4. The molecular weight excluding hydrogens is 428 g/mol. The molecule has 1 fully saturated rings. The summed E-state index contributed by atoms with van der Waals surface area (Å²) >= 11 is 0. The van der Waals surface area contributed by atoms with Crippen LogP contribution in [-0.4, -0.2) is 73.9 Å². The predicted molar refractivity (Wildman–Crippen MR) is 131 cm³/mol. The molecule has 0 unspecified atom stereocenters. The fraction of sp³-hybridized carbons (Fsp3) is 0.360. The number of carbonyl (C=O) groups is 1. The van der Waals surface area contributed by atoms with E-state index in [0.29, 0.717) is 23.0 Å². The van der Waals surface area contributed by atoms with E-state index in [1.54, 1.807) is 23.1 Å². The summed E-state index contributed by atoms with van der Waals surface area (Å²) in [6.07, 6.45) is 7.69. The van der Waals surface area contributed by atoms with E-state index in [1.807, 2.05) is 37.5 Å². The predicted octanol–water partition coefficient (Wildman–Crippen LogP) is 2.78. The van der Waals surface area contributed by atoms with Crippen LogP contribution in [0, 0.1) is 0 Å². The number of hydrogen-bond acceptors (Lipinski definition) is 8. The van der Waals surface area contributed by atoms with Gasteiger partial charge in [-0.3, -0.25) is 14.5 Å². The highest BCUT2D eigenvalue weighted by molar-refractivity contribution is 5.98. The first-order valence-electron chi connectivity index (χ1n) is 11.5. The van der Waals surface area contributed by atoms with Gasteiger partial charge in [0.2, 0.25) is 0 Å². The topological polar surface area (TPSA) is 92.9 Å².